The summed E-state index contributed by atoms with van der Waals surface area (Å²) in [5.74, 6) is -0.355. The first-order chi connectivity index (χ1) is 24.5. The molecule has 0 radical (unpaired) electrons. The highest BCUT2D eigenvalue weighted by molar-refractivity contribution is 5.89. The highest BCUT2D eigenvalue weighted by Gasteiger charge is 2.44. The summed E-state index contributed by atoms with van der Waals surface area (Å²) in [6, 6.07) is 10.1. The summed E-state index contributed by atoms with van der Waals surface area (Å²) in [6.45, 7) is 3.96. The average molecular weight is 731 g/mol. The zero-order valence-corrected chi connectivity index (χ0v) is 28.2. The number of carboxylic acids is 1. The predicted octanol–water partition coefficient (Wildman–Crippen LogP) is 7.78. The lowest BCUT2D eigenvalue weighted by molar-refractivity contribution is -0.143. The summed E-state index contributed by atoms with van der Waals surface area (Å²) in [5, 5.41) is 9.43. The Bertz CT molecular complexity index is 2000. The smallest absolute Gasteiger partial charge is 0.416 e. The minimum Gasteiger partial charge on any atom is -0.496 e. The van der Waals surface area contributed by atoms with Crippen LogP contribution in [0.3, 0.4) is 0 Å². The third-order valence-corrected chi connectivity index (χ3v) is 9.24. The Labute approximate surface area is 293 Å². The Morgan fingerprint density at radius 1 is 0.942 bits per heavy atom. The number of benzene rings is 3. The average Bonchev–Trinajstić information content (AvgIpc) is 3.35. The Morgan fingerprint density at radius 3 is 2.19 bits per heavy atom. The van der Waals surface area contributed by atoms with Crippen molar-refractivity contribution in [2.45, 2.75) is 51.0 Å². The van der Waals surface area contributed by atoms with E-state index in [1.54, 1.807) is 50.6 Å². The predicted molar refractivity (Wildman–Crippen MR) is 175 cm³/mol. The third-order valence-electron chi connectivity index (χ3n) is 9.24. The fourth-order valence-corrected chi connectivity index (χ4v) is 6.33. The molecule has 10 nitrogen and oxygen atoms in total. The second kappa shape index (κ2) is 13.6. The number of anilines is 1. The number of hydrogen-bond donors (Lipinski definition) is 1. The minimum absolute atomic E-state index is 0.0187. The van der Waals surface area contributed by atoms with Crippen LogP contribution in [0.4, 0.5) is 37.1 Å². The molecule has 2 atom stereocenters. The van der Waals surface area contributed by atoms with E-state index in [4.69, 9.17) is 19.2 Å². The van der Waals surface area contributed by atoms with Gasteiger partial charge in [0, 0.05) is 37.5 Å². The van der Waals surface area contributed by atoms with E-state index in [0.29, 0.717) is 64.9 Å². The zero-order valence-electron chi connectivity index (χ0n) is 28.2. The summed E-state index contributed by atoms with van der Waals surface area (Å²) < 4.78 is 98.5. The van der Waals surface area contributed by atoms with Gasteiger partial charge in [-0.1, -0.05) is 12.1 Å². The molecule has 1 aromatic heterocycles. The van der Waals surface area contributed by atoms with E-state index < -0.39 is 53.3 Å². The number of carbonyl (C=O) groups is 2. The van der Waals surface area contributed by atoms with E-state index in [-0.39, 0.29) is 24.3 Å². The minimum atomic E-state index is -5.09. The lowest BCUT2D eigenvalue weighted by Gasteiger charge is -2.38. The molecule has 0 bridgehead atoms. The summed E-state index contributed by atoms with van der Waals surface area (Å²) >= 11 is 0. The third kappa shape index (κ3) is 7.07. The molecule has 16 heteroatoms. The van der Waals surface area contributed by atoms with Gasteiger partial charge in [-0.15, -0.1) is 0 Å². The van der Waals surface area contributed by atoms with Crippen LogP contribution in [-0.4, -0.2) is 71.5 Å². The van der Waals surface area contributed by atoms with Crippen molar-refractivity contribution in [1.82, 2.24) is 14.9 Å². The maximum atomic E-state index is 13.7. The first kappa shape index (κ1) is 36.4. The number of methoxy groups -OCH3 is 2. The van der Waals surface area contributed by atoms with Crippen molar-refractivity contribution in [3.05, 3.63) is 94.3 Å². The Kier molecular flexibility index (Phi) is 9.55. The highest BCUT2D eigenvalue weighted by Crippen LogP contribution is 2.42. The molecule has 2 fully saturated rings. The number of ether oxygens (including phenoxy) is 3. The van der Waals surface area contributed by atoms with Gasteiger partial charge in [-0.25, -0.2) is 19.6 Å². The standard InChI is InChI=1S/C36H32F6N4O6/c1-18-9-21(32(47)48)5-7-26(18)20-6-8-30(51-4)27(12-20)28-14-43-33(45-15-25(16-45)50-3)44-29(28)17-46-19(2)31(52-34(46)49)22-10-23(35(37,38)39)13-24(11-22)36(40,41)42/h5-14,19,25,31H,15-17H2,1-4H3,(H,47,48). The highest BCUT2D eigenvalue weighted by atomic mass is 19.4. The molecule has 0 saturated carbocycles. The van der Waals surface area contributed by atoms with Crippen molar-refractivity contribution in [2.75, 3.05) is 32.2 Å². The van der Waals surface area contributed by atoms with Gasteiger partial charge in [-0.3, -0.25) is 4.90 Å². The zero-order chi connectivity index (χ0) is 37.7. The number of aromatic nitrogens is 2. The number of alkyl halides is 6. The number of hydrogen-bond acceptors (Lipinski definition) is 8. The van der Waals surface area contributed by atoms with E-state index >= 15 is 0 Å². The number of carboxylic acid groups (broad SMARTS) is 1. The number of rotatable bonds is 9. The fraction of sp³-hybridized carbons (Fsp3) is 0.333. The number of amides is 1. The van der Waals surface area contributed by atoms with Gasteiger partial charge in [-0.2, -0.15) is 26.3 Å². The van der Waals surface area contributed by atoms with Crippen LogP contribution >= 0.6 is 0 Å². The largest absolute Gasteiger partial charge is 0.496 e. The van der Waals surface area contributed by atoms with Gasteiger partial charge in [0.15, 0.2) is 0 Å². The van der Waals surface area contributed by atoms with Crippen molar-refractivity contribution in [2.24, 2.45) is 0 Å². The van der Waals surface area contributed by atoms with E-state index in [2.05, 4.69) is 4.98 Å². The quantitative estimate of drug-likeness (QED) is 0.173. The molecule has 274 valence electrons. The number of carbonyl (C=O) groups excluding carboxylic acids is 1. The molecule has 3 aromatic carbocycles. The number of nitrogens with zero attached hydrogens (tertiary/aromatic N) is 4. The summed E-state index contributed by atoms with van der Waals surface area (Å²) in [7, 11) is 3.03. The van der Waals surface area contributed by atoms with Crippen LogP contribution in [-0.2, 0) is 28.4 Å². The second-order valence-corrected chi connectivity index (χ2v) is 12.6. The van der Waals surface area contributed by atoms with Gasteiger partial charge in [0.25, 0.3) is 0 Å². The normalized spacial score (nSPS) is 18.0. The first-order valence-corrected chi connectivity index (χ1v) is 15.9. The van der Waals surface area contributed by atoms with E-state index in [1.807, 2.05) is 4.90 Å². The number of aromatic carboxylic acids is 1. The molecule has 1 N–H and O–H groups in total. The van der Waals surface area contributed by atoms with Crippen LogP contribution in [0.1, 0.15) is 51.3 Å². The topological polar surface area (TPSA) is 114 Å². The molecule has 4 aromatic rings. The molecule has 2 unspecified atom stereocenters. The summed E-state index contributed by atoms with van der Waals surface area (Å²) in [6.07, 6.45) is -11.1. The molecule has 3 heterocycles. The van der Waals surface area contributed by atoms with Crippen molar-refractivity contribution >= 4 is 18.0 Å². The molecular weight excluding hydrogens is 698 g/mol. The van der Waals surface area contributed by atoms with Gasteiger partial charge < -0.3 is 24.2 Å². The van der Waals surface area contributed by atoms with E-state index in [1.165, 1.54) is 25.0 Å². The van der Waals surface area contributed by atoms with Gasteiger partial charge in [0.05, 0.1) is 48.2 Å². The van der Waals surface area contributed by atoms with Crippen molar-refractivity contribution in [3.8, 4) is 28.0 Å². The first-order valence-electron chi connectivity index (χ1n) is 15.9. The number of cyclic esters (lactones) is 1. The van der Waals surface area contributed by atoms with Crippen molar-refractivity contribution in [3.63, 3.8) is 0 Å². The lowest BCUT2D eigenvalue weighted by Crippen LogP contribution is -2.52. The van der Waals surface area contributed by atoms with Crippen LogP contribution < -0.4 is 9.64 Å². The fourth-order valence-electron chi connectivity index (χ4n) is 6.33. The molecule has 6 rings (SSSR count). The molecule has 2 saturated heterocycles. The molecular formula is C36H32F6N4O6. The Hall–Kier alpha value is -5.38. The molecule has 1 amide bonds. The SMILES string of the molecule is COc1ccc(-c2ccc(C(=O)O)cc2C)cc1-c1cnc(N2CC(OC)C2)nc1CN1C(=O)OC(c2cc(C(F)(F)F)cc(C(F)(F)F)c2)C1C. The molecule has 2 aliphatic rings. The number of aryl methyl sites for hydroxylation is 1. The van der Waals surface area contributed by atoms with Gasteiger partial charge in [0.1, 0.15) is 11.9 Å². The van der Waals surface area contributed by atoms with Crippen LogP contribution in [0.25, 0.3) is 22.3 Å². The number of halogens is 6. The second-order valence-electron chi connectivity index (χ2n) is 12.6. The van der Waals surface area contributed by atoms with Gasteiger partial charge >= 0.3 is 24.4 Å². The van der Waals surface area contributed by atoms with Crippen LogP contribution in [0.5, 0.6) is 5.75 Å². The monoisotopic (exact) mass is 730 g/mol. The van der Waals surface area contributed by atoms with Gasteiger partial charge in [0.2, 0.25) is 5.95 Å². The van der Waals surface area contributed by atoms with Crippen molar-refractivity contribution < 1.29 is 55.2 Å². The van der Waals surface area contributed by atoms with E-state index in [0.717, 1.165) is 5.56 Å². The molecule has 2 aliphatic heterocycles. The Morgan fingerprint density at radius 2 is 1.62 bits per heavy atom. The summed E-state index contributed by atoms with van der Waals surface area (Å²) in [4.78, 5) is 37.3. The molecule has 0 aliphatic carbocycles. The van der Waals surface area contributed by atoms with Crippen LogP contribution in [0.15, 0.2) is 60.8 Å². The van der Waals surface area contributed by atoms with Crippen molar-refractivity contribution in [1.29, 1.82) is 0 Å². The van der Waals surface area contributed by atoms with Gasteiger partial charge in [-0.05, 0) is 78.6 Å². The van der Waals surface area contributed by atoms with Crippen LogP contribution in [0, 0.1) is 6.92 Å². The molecule has 52 heavy (non-hydrogen) atoms. The Balaban J connectivity index is 1.41. The maximum absolute atomic E-state index is 13.7. The lowest BCUT2D eigenvalue weighted by atomic mass is 9.94. The molecule has 0 spiro atoms. The summed E-state index contributed by atoms with van der Waals surface area (Å²) in [5.41, 5.74) is -0.0373. The van der Waals surface area contributed by atoms with Crippen LogP contribution in [0.2, 0.25) is 0 Å². The van der Waals surface area contributed by atoms with E-state index in [9.17, 15) is 41.0 Å². The maximum Gasteiger partial charge on any atom is 0.416 e.